The number of aryl methyl sites for hydroxylation is 1. The van der Waals surface area contributed by atoms with Crippen LogP contribution in [0.3, 0.4) is 0 Å². The summed E-state index contributed by atoms with van der Waals surface area (Å²) in [6.07, 6.45) is -0.0382. The van der Waals surface area contributed by atoms with E-state index in [-0.39, 0.29) is 13.0 Å². The molecule has 4 rings (SSSR count). The van der Waals surface area contributed by atoms with E-state index in [1.165, 1.54) is 7.11 Å². The van der Waals surface area contributed by atoms with Crippen molar-refractivity contribution in [1.29, 1.82) is 0 Å². The van der Waals surface area contributed by atoms with Crippen molar-refractivity contribution in [2.24, 2.45) is 0 Å². The van der Waals surface area contributed by atoms with E-state index in [0.717, 1.165) is 21.9 Å². The molecule has 0 saturated carbocycles. The largest absolute Gasteiger partial charge is 0.468 e. The van der Waals surface area contributed by atoms with Crippen LogP contribution in [0.2, 0.25) is 0 Å². The third-order valence-corrected chi connectivity index (χ3v) is 8.38. The number of carbonyl (C=O) groups excluding carboxylic acids is 2. The quantitative estimate of drug-likeness (QED) is 0.533. The van der Waals surface area contributed by atoms with Gasteiger partial charge in [-0.05, 0) is 55.3 Å². The first-order valence-corrected chi connectivity index (χ1v) is 12.4. The van der Waals surface area contributed by atoms with Crippen LogP contribution in [0.15, 0.2) is 71.6 Å². The summed E-state index contributed by atoms with van der Waals surface area (Å²) in [5, 5.41) is 5.35. The highest BCUT2D eigenvalue weighted by atomic mass is 32.2. The van der Waals surface area contributed by atoms with E-state index in [9.17, 15) is 13.8 Å². The topological polar surface area (TPSA) is 81.7 Å². The zero-order chi connectivity index (χ0) is 24.5. The van der Waals surface area contributed by atoms with Crippen LogP contribution in [0.1, 0.15) is 37.4 Å². The summed E-state index contributed by atoms with van der Waals surface area (Å²) in [5.41, 5.74) is 0.526. The van der Waals surface area contributed by atoms with Gasteiger partial charge < -0.3 is 9.47 Å². The summed E-state index contributed by atoms with van der Waals surface area (Å²) >= 11 is 0. The maximum Gasteiger partial charge on any atom is 0.327 e. The Kier molecular flexibility index (Phi) is 6.60. The predicted molar refractivity (Wildman–Crippen MR) is 132 cm³/mol. The Bertz CT molecular complexity index is 1260. The minimum absolute atomic E-state index is 0.0382. The molecule has 7 heteroatoms. The van der Waals surface area contributed by atoms with Crippen molar-refractivity contribution >= 4 is 33.5 Å². The fourth-order valence-electron chi connectivity index (χ4n) is 4.76. The summed E-state index contributed by atoms with van der Waals surface area (Å²) in [4.78, 5) is 27.0. The lowest BCUT2D eigenvalue weighted by Crippen LogP contribution is -2.48. The third kappa shape index (κ3) is 4.03. The van der Waals surface area contributed by atoms with Crippen molar-refractivity contribution in [3.8, 4) is 0 Å². The lowest BCUT2D eigenvalue weighted by Gasteiger charge is -2.31. The molecule has 1 saturated heterocycles. The van der Waals surface area contributed by atoms with Gasteiger partial charge in [-0.1, -0.05) is 54.1 Å². The molecule has 0 spiro atoms. The number of hydrogen-bond acceptors (Lipinski definition) is 6. The normalized spacial score (nSPS) is 25.1. The summed E-state index contributed by atoms with van der Waals surface area (Å²) in [6.45, 7) is 5.56. The summed E-state index contributed by atoms with van der Waals surface area (Å²) in [6, 6.07) is 20.2. The van der Waals surface area contributed by atoms with Crippen LogP contribution in [-0.4, -0.2) is 40.2 Å². The Labute approximate surface area is 202 Å². The molecule has 6 nitrogen and oxygen atoms in total. The van der Waals surface area contributed by atoms with Gasteiger partial charge in [0.15, 0.2) is 4.75 Å². The maximum absolute atomic E-state index is 14.2. The number of rotatable bonds is 6. The molecule has 3 aromatic rings. The van der Waals surface area contributed by atoms with Gasteiger partial charge in [0.2, 0.25) is 0 Å². The lowest BCUT2D eigenvalue weighted by atomic mass is 9.88. The Morgan fingerprint density at radius 2 is 1.71 bits per heavy atom. The Balaban J connectivity index is 1.92. The number of fused-ring (bicyclic) bond motifs is 1. The van der Waals surface area contributed by atoms with Crippen LogP contribution in [0.4, 0.5) is 0 Å². The summed E-state index contributed by atoms with van der Waals surface area (Å²) in [5.74, 6) is -1.13. The Morgan fingerprint density at radius 3 is 2.35 bits per heavy atom. The Hall–Kier alpha value is -3.03. The standard InChI is InChI=1S/C27H29NO5S/c1-5-33-24(29)26(3)17-27(25(30)32-4,34(31)22-14-10-18(2)11-15-22)23(28-26)21-13-12-19-8-6-7-9-20(19)16-21/h6-16,23,28H,5,17H2,1-4H3/t23-,26-,27+,34?/m0/s1. The molecular formula is C27H29NO5S. The molecule has 34 heavy (non-hydrogen) atoms. The van der Waals surface area contributed by atoms with E-state index in [2.05, 4.69) is 5.32 Å². The van der Waals surface area contributed by atoms with E-state index < -0.39 is 39.1 Å². The van der Waals surface area contributed by atoms with Gasteiger partial charge in [-0.3, -0.25) is 19.1 Å². The number of esters is 2. The van der Waals surface area contributed by atoms with Gasteiger partial charge in [0, 0.05) is 11.3 Å². The Morgan fingerprint density at radius 1 is 1.03 bits per heavy atom. The smallest absolute Gasteiger partial charge is 0.327 e. The fraction of sp³-hybridized carbons (Fsp3) is 0.333. The van der Waals surface area contributed by atoms with Crippen LogP contribution in [-0.2, 0) is 29.9 Å². The number of nitrogens with one attached hydrogen (secondary N) is 1. The van der Waals surface area contributed by atoms with Crippen molar-refractivity contribution in [3.05, 3.63) is 77.9 Å². The zero-order valence-corrected chi connectivity index (χ0v) is 20.6. The van der Waals surface area contributed by atoms with E-state index in [1.807, 2.05) is 61.5 Å². The second-order valence-electron chi connectivity index (χ2n) is 8.88. The first-order chi connectivity index (χ1) is 16.2. The highest BCUT2D eigenvalue weighted by Gasteiger charge is 2.65. The molecule has 1 aliphatic rings. The highest BCUT2D eigenvalue weighted by molar-refractivity contribution is 7.87. The minimum Gasteiger partial charge on any atom is -0.468 e. The second-order valence-corrected chi connectivity index (χ2v) is 10.6. The number of ether oxygens (including phenoxy) is 2. The molecule has 178 valence electrons. The maximum atomic E-state index is 14.2. The van der Waals surface area contributed by atoms with Gasteiger partial charge in [0.1, 0.15) is 5.54 Å². The predicted octanol–water partition coefficient (Wildman–Crippen LogP) is 4.22. The first kappa shape index (κ1) is 24.1. The molecule has 0 aromatic heterocycles. The molecule has 0 radical (unpaired) electrons. The number of benzene rings is 3. The van der Waals surface area contributed by atoms with Crippen molar-refractivity contribution in [3.63, 3.8) is 0 Å². The molecule has 1 fully saturated rings. The number of methoxy groups -OCH3 is 1. The van der Waals surface area contributed by atoms with Gasteiger partial charge >= 0.3 is 11.9 Å². The van der Waals surface area contributed by atoms with Crippen LogP contribution >= 0.6 is 0 Å². The lowest BCUT2D eigenvalue weighted by molar-refractivity contribution is -0.150. The molecule has 1 N–H and O–H groups in total. The van der Waals surface area contributed by atoms with Crippen LogP contribution in [0, 0.1) is 6.92 Å². The first-order valence-electron chi connectivity index (χ1n) is 11.3. The molecule has 1 heterocycles. The molecule has 1 unspecified atom stereocenters. The van der Waals surface area contributed by atoms with Crippen molar-refractivity contribution in [1.82, 2.24) is 5.32 Å². The van der Waals surface area contributed by atoms with Crippen molar-refractivity contribution in [2.75, 3.05) is 13.7 Å². The van der Waals surface area contributed by atoms with Crippen molar-refractivity contribution < 1.29 is 23.3 Å². The SMILES string of the molecule is CCOC(=O)[C@]1(C)C[C@@](C(=O)OC)(S(=O)c2ccc(C)cc2)[C@H](c2ccc3ccccc3c2)N1. The average Bonchev–Trinajstić information content (AvgIpc) is 3.19. The third-order valence-electron chi connectivity index (χ3n) is 6.48. The number of carbonyl (C=O) groups is 2. The van der Waals surface area contributed by atoms with Gasteiger partial charge in [-0.25, -0.2) is 0 Å². The van der Waals surface area contributed by atoms with Crippen LogP contribution < -0.4 is 5.32 Å². The van der Waals surface area contributed by atoms with E-state index in [0.29, 0.717) is 4.90 Å². The van der Waals surface area contributed by atoms with Gasteiger partial charge in [0.05, 0.1) is 30.6 Å². The fourth-order valence-corrected chi connectivity index (χ4v) is 6.63. The molecule has 0 aliphatic carbocycles. The molecule has 0 bridgehead atoms. The molecular weight excluding hydrogens is 450 g/mol. The van der Waals surface area contributed by atoms with Gasteiger partial charge in [-0.15, -0.1) is 0 Å². The van der Waals surface area contributed by atoms with Gasteiger partial charge in [0.25, 0.3) is 0 Å². The molecule has 0 amide bonds. The second kappa shape index (κ2) is 9.31. The molecule has 4 atom stereocenters. The van der Waals surface area contributed by atoms with Crippen LogP contribution in [0.5, 0.6) is 0 Å². The summed E-state index contributed by atoms with van der Waals surface area (Å²) in [7, 11) is -0.546. The molecule has 1 aliphatic heterocycles. The molecule has 3 aromatic carbocycles. The van der Waals surface area contributed by atoms with Crippen LogP contribution in [0.25, 0.3) is 10.8 Å². The minimum atomic E-state index is -1.83. The van der Waals surface area contributed by atoms with E-state index in [4.69, 9.17) is 9.47 Å². The zero-order valence-electron chi connectivity index (χ0n) is 19.8. The monoisotopic (exact) mass is 479 g/mol. The average molecular weight is 480 g/mol. The van der Waals surface area contributed by atoms with Gasteiger partial charge in [-0.2, -0.15) is 0 Å². The van der Waals surface area contributed by atoms with E-state index >= 15 is 0 Å². The number of hydrogen-bond donors (Lipinski definition) is 1. The van der Waals surface area contributed by atoms with Crippen molar-refractivity contribution in [2.45, 2.75) is 48.4 Å². The van der Waals surface area contributed by atoms with E-state index in [1.54, 1.807) is 26.0 Å². The summed E-state index contributed by atoms with van der Waals surface area (Å²) < 4.78 is 23.3. The highest BCUT2D eigenvalue weighted by Crippen LogP contribution is 2.48.